The fraction of sp³-hybridized carbons (Fsp3) is 0.625. The lowest BCUT2D eigenvalue weighted by Gasteiger charge is -2.22. The first-order chi connectivity index (χ1) is 5.94. The third-order valence-electron chi connectivity index (χ3n) is 1.77. The van der Waals surface area contributed by atoms with Gasteiger partial charge in [-0.05, 0) is 52.4 Å². The number of halogens is 2. The van der Waals surface area contributed by atoms with E-state index in [1.807, 2.05) is 24.7 Å². The van der Waals surface area contributed by atoms with Gasteiger partial charge in [0.1, 0.15) is 3.70 Å². The fourth-order valence-electron chi connectivity index (χ4n) is 0.909. The molecule has 0 amide bonds. The van der Waals surface area contributed by atoms with Gasteiger partial charge in [-0.15, -0.1) is 0 Å². The SMILES string of the molecule is COC(C)(C)Cn1cc(Br)c(I)n1. The van der Waals surface area contributed by atoms with Gasteiger partial charge < -0.3 is 4.74 Å². The predicted molar refractivity (Wildman–Crippen MR) is 63.7 cm³/mol. The summed E-state index contributed by atoms with van der Waals surface area (Å²) in [6, 6.07) is 0. The monoisotopic (exact) mass is 358 g/mol. The number of rotatable bonds is 3. The van der Waals surface area contributed by atoms with Crippen LogP contribution in [-0.4, -0.2) is 22.5 Å². The van der Waals surface area contributed by atoms with Crippen molar-refractivity contribution in [2.45, 2.75) is 26.0 Å². The van der Waals surface area contributed by atoms with Crippen LogP contribution in [0.3, 0.4) is 0 Å². The third-order valence-corrected chi connectivity index (χ3v) is 3.89. The molecule has 1 heterocycles. The summed E-state index contributed by atoms with van der Waals surface area (Å²) in [6.45, 7) is 4.83. The van der Waals surface area contributed by atoms with E-state index in [0.717, 1.165) is 14.7 Å². The molecule has 0 radical (unpaired) electrons. The first-order valence-electron chi connectivity index (χ1n) is 3.88. The Kier molecular flexibility index (Phi) is 3.76. The number of nitrogens with zero attached hydrogens (tertiary/aromatic N) is 2. The lowest BCUT2D eigenvalue weighted by Crippen LogP contribution is -2.29. The Morgan fingerprint density at radius 3 is 2.69 bits per heavy atom. The minimum atomic E-state index is -0.172. The predicted octanol–water partition coefficient (Wildman–Crippen LogP) is 2.68. The molecule has 0 aromatic carbocycles. The summed E-state index contributed by atoms with van der Waals surface area (Å²) >= 11 is 5.60. The van der Waals surface area contributed by atoms with E-state index in [-0.39, 0.29) is 5.60 Å². The molecular formula is C8H12BrIN2O. The lowest BCUT2D eigenvalue weighted by molar-refractivity contribution is 0.00533. The summed E-state index contributed by atoms with van der Waals surface area (Å²) in [5.41, 5.74) is -0.172. The van der Waals surface area contributed by atoms with Gasteiger partial charge in [-0.1, -0.05) is 0 Å². The van der Waals surface area contributed by atoms with Crippen molar-refractivity contribution < 1.29 is 4.74 Å². The zero-order valence-electron chi connectivity index (χ0n) is 7.84. The highest BCUT2D eigenvalue weighted by molar-refractivity contribution is 14.1. The summed E-state index contributed by atoms with van der Waals surface area (Å²) in [5.74, 6) is 0. The van der Waals surface area contributed by atoms with E-state index < -0.39 is 0 Å². The van der Waals surface area contributed by atoms with Crippen molar-refractivity contribution in [1.82, 2.24) is 9.78 Å². The zero-order valence-corrected chi connectivity index (χ0v) is 11.6. The number of methoxy groups -OCH3 is 1. The Morgan fingerprint density at radius 1 is 1.69 bits per heavy atom. The minimum Gasteiger partial charge on any atom is -0.377 e. The molecule has 0 N–H and O–H groups in total. The number of aromatic nitrogens is 2. The Hall–Kier alpha value is 0.380. The van der Waals surface area contributed by atoms with Gasteiger partial charge in [-0.25, -0.2) is 0 Å². The average molecular weight is 359 g/mol. The molecule has 13 heavy (non-hydrogen) atoms. The smallest absolute Gasteiger partial charge is 0.137 e. The van der Waals surface area contributed by atoms with E-state index in [9.17, 15) is 0 Å². The zero-order chi connectivity index (χ0) is 10.1. The van der Waals surface area contributed by atoms with Gasteiger partial charge in [-0.3, -0.25) is 4.68 Å². The molecule has 0 aliphatic heterocycles. The highest BCUT2D eigenvalue weighted by Crippen LogP contribution is 2.18. The van der Waals surface area contributed by atoms with Crippen LogP contribution in [0.5, 0.6) is 0 Å². The Labute approximate surface area is 100 Å². The minimum absolute atomic E-state index is 0.172. The summed E-state index contributed by atoms with van der Waals surface area (Å²) < 4.78 is 9.20. The van der Waals surface area contributed by atoms with Gasteiger partial charge >= 0.3 is 0 Å². The van der Waals surface area contributed by atoms with Crippen molar-refractivity contribution in [2.24, 2.45) is 0 Å². The van der Waals surface area contributed by atoms with Crippen LogP contribution in [0, 0.1) is 3.70 Å². The summed E-state index contributed by atoms with van der Waals surface area (Å²) in [6.07, 6.45) is 1.96. The normalized spacial score (nSPS) is 12.1. The molecule has 0 aliphatic carbocycles. The Balaban J connectivity index is 2.75. The first kappa shape index (κ1) is 11.5. The standard InChI is InChI=1S/C8H12BrIN2O/c1-8(2,13-3)5-12-4-6(9)7(10)11-12/h4H,5H2,1-3H3. The van der Waals surface area contributed by atoms with Crippen LogP contribution < -0.4 is 0 Å². The van der Waals surface area contributed by atoms with Gasteiger partial charge in [0.25, 0.3) is 0 Å². The molecule has 0 saturated carbocycles. The summed E-state index contributed by atoms with van der Waals surface area (Å²) in [7, 11) is 1.71. The lowest BCUT2D eigenvalue weighted by atomic mass is 10.1. The number of hydrogen-bond donors (Lipinski definition) is 0. The van der Waals surface area contributed by atoms with Gasteiger partial charge in [-0.2, -0.15) is 5.10 Å². The van der Waals surface area contributed by atoms with Crippen LogP contribution in [0.2, 0.25) is 0 Å². The molecular weight excluding hydrogens is 347 g/mol. The maximum Gasteiger partial charge on any atom is 0.137 e. The molecule has 0 atom stereocenters. The van der Waals surface area contributed by atoms with E-state index >= 15 is 0 Å². The van der Waals surface area contributed by atoms with Crippen LogP contribution in [-0.2, 0) is 11.3 Å². The fourth-order valence-corrected chi connectivity index (χ4v) is 1.64. The molecule has 74 valence electrons. The summed E-state index contributed by atoms with van der Waals surface area (Å²) in [4.78, 5) is 0. The molecule has 0 fully saturated rings. The van der Waals surface area contributed by atoms with Gasteiger partial charge in [0.2, 0.25) is 0 Å². The molecule has 0 spiro atoms. The van der Waals surface area contributed by atoms with Crippen molar-refractivity contribution in [2.75, 3.05) is 7.11 Å². The second-order valence-electron chi connectivity index (χ2n) is 3.43. The van der Waals surface area contributed by atoms with Crippen molar-refractivity contribution in [3.8, 4) is 0 Å². The van der Waals surface area contributed by atoms with Gasteiger partial charge in [0.05, 0.1) is 16.6 Å². The van der Waals surface area contributed by atoms with Crippen molar-refractivity contribution in [3.63, 3.8) is 0 Å². The topological polar surface area (TPSA) is 27.1 Å². The summed E-state index contributed by atoms with van der Waals surface area (Å²) in [5, 5.41) is 4.32. The van der Waals surface area contributed by atoms with Crippen LogP contribution >= 0.6 is 38.5 Å². The molecule has 5 heteroatoms. The Morgan fingerprint density at radius 2 is 2.31 bits per heavy atom. The van der Waals surface area contributed by atoms with Gasteiger partial charge in [0, 0.05) is 13.3 Å². The molecule has 1 aromatic heterocycles. The van der Waals surface area contributed by atoms with Crippen LogP contribution in [0.25, 0.3) is 0 Å². The molecule has 0 aliphatic rings. The second-order valence-corrected chi connectivity index (χ2v) is 5.31. The van der Waals surface area contributed by atoms with Gasteiger partial charge in [0.15, 0.2) is 0 Å². The van der Waals surface area contributed by atoms with Crippen molar-refractivity contribution in [1.29, 1.82) is 0 Å². The highest BCUT2D eigenvalue weighted by atomic mass is 127. The molecule has 0 saturated heterocycles. The first-order valence-corrected chi connectivity index (χ1v) is 5.75. The van der Waals surface area contributed by atoms with Crippen molar-refractivity contribution in [3.05, 3.63) is 14.4 Å². The van der Waals surface area contributed by atoms with E-state index in [4.69, 9.17) is 4.74 Å². The molecule has 0 unspecified atom stereocenters. The van der Waals surface area contributed by atoms with E-state index in [1.165, 1.54) is 0 Å². The van der Waals surface area contributed by atoms with Crippen molar-refractivity contribution >= 4 is 38.5 Å². The molecule has 0 bridgehead atoms. The van der Waals surface area contributed by atoms with E-state index in [0.29, 0.717) is 0 Å². The number of hydrogen-bond acceptors (Lipinski definition) is 2. The molecule has 1 aromatic rings. The largest absolute Gasteiger partial charge is 0.377 e. The molecule has 3 nitrogen and oxygen atoms in total. The number of ether oxygens (including phenoxy) is 1. The highest BCUT2D eigenvalue weighted by Gasteiger charge is 2.18. The van der Waals surface area contributed by atoms with E-state index in [2.05, 4.69) is 43.6 Å². The third kappa shape index (κ3) is 3.21. The average Bonchev–Trinajstić information content (AvgIpc) is 2.30. The van der Waals surface area contributed by atoms with Crippen LogP contribution in [0.4, 0.5) is 0 Å². The van der Waals surface area contributed by atoms with E-state index in [1.54, 1.807) is 7.11 Å². The maximum absolute atomic E-state index is 5.31. The van der Waals surface area contributed by atoms with Crippen LogP contribution in [0.1, 0.15) is 13.8 Å². The maximum atomic E-state index is 5.31. The second kappa shape index (κ2) is 4.27. The Bertz CT molecular complexity index is 279. The van der Waals surface area contributed by atoms with Crippen LogP contribution in [0.15, 0.2) is 10.7 Å². The quantitative estimate of drug-likeness (QED) is 0.777. The molecule has 1 rings (SSSR count).